The van der Waals surface area contributed by atoms with Crippen LogP contribution in [0.3, 0.4) is 0 Å². The van der Waals surface area contributed by atoms with Crippen LogP contribution in [0.1, 0.15) is 10.4 Å². The first kappa shape index (κ1) is 14.7. The van der Waals surface area contributed by atoms with Gasteiger partial charge in [0.25, 0.3) is 0 Å². The number of carbonyl (C=O) groups excluding carboxylic acids is 1. The number of nitrogens with two attached hydrogens (primary N) is 1. The molecular formula is C14H10F3NO3. The first-order valence-electron chi connectivity index (χ1n) is 5.77. The zero-order valence-corrected chi connectivity index (χ0v) is 10.6. The van der Waals surface area contributed by atoms with Crippen molar-refractivity contribution in [2.75, 3.05) is 0 Å². The summed E-state index contributed by atoms with van der Waals surface area (Å²) in [6.45, 7) is 0. The van der Waals surface area contributed by atoms with Gasteiger partial charge < -0.3 is 15.2 Å². The van der Waals surface area contributed by atoms with Crippen molar-refractivity contribution in [1.29, 1.82) is 0 Å². The monoisotopic (exact) mass is 297 g/mol. The summed E-state index contributed by atoms with van der Waals surface area (Å²) in [5.41, 5.74) is 5.39. The van der Waals surface area contributed by atoms with Gasteiger partial charge in [0.05, 0.1) is 0 Å². The number of hydrogen-bond acceptors (Lipinski definition) is 3. The van der Waals surface area contributed by atoms with Gasteiger partial charge in [0.15, 0.2) is 0 Å². The standard InChI is InChI=1S/C14H10F3NO3/c15-14(16,17)21-12-3-1-2-11(8-12)20-10-6-4-9(5-7-10)13(18)19/h1-8H,(H2,18,19). The molecule has 2 aromatic carbocycles. The molecule has 0 saturated carbocycles. The van der Waals surface area contributed by atoms with Crippen LogP contribution in [0, 0.1) is 0 Å². The van der Waals surface area contributed by atoms with Crippen molar-refractivity contribution in [2.24, 2.45) is 5.73 Å². The molecule has 21 heavy (non-hydrogen) atoms. The van der Waals surface area contributed by atoms with E-state index in [1.165, 1.54) is 36.4 Å². The van der Waals surface area contributed by atoms with E-state index in [0.717, 1.165) is 12.1 Å². The Morgan fingerprint density at radius 3 is 2.14 bits per heavy atom. The van der Waals surface area contributed by atoms with Crippen molar-refractivity contribution in [1.82, 2.24) is 0 Å². The van der Waals surface area contributed by atoms with Gasteiger partial charge in [0.2, 0.25) is 5.91 Å². The number of halogens is 3. The Balaban J connectivity index is 2.12. The van der Waals surface area contributed by atoms with Crippen molar-refractivity contribution in [2.45, 2.75) is 6.36 Å². The van der Waals surface area contributed by atoms with Gasteiger partial charge in [0, 0.05) is 11.6 Å². The number of rotatable bonds is 4. The van der Waals surface area contributed by atoms with Crippen molar-refractivity contribution in [3.63, 3.8) is 0 Å². The quantitative estimate of drug-likeness (QED) is 0.939. The normalized spacial score (nSPS) is 11.0. The second kappa shape index (κ2) is 5.74. The third kappa shape index (κ3) is 4.41. The highest BCUT2D eigenvalue weighted by Gasteiger charge is 2.31. The molecule has 0 radical (unpaired) electrons. The molecule has 0 aliphatic heterocycles. The maximum absolute atomic E-state index is 12.1. The molecule has 0 heterocycles. The molecule has 7 heteroatoms. The zero-order valence-electron chi connectivity index (χ0n) is 10.6. The molecule has 0 unspecified atom stereocenters. The maximum atomic E-state index is 12.1. The molecule has 2 N–H and O–H groups in total. The fourth-order valence-electron chi connectivity index (χ4n) is 1.56. The highest BCUT2D eigenvalue weighted by atomic mass is 19.4. The number of primary amides is 1. The lowest BCUT2D eigenvalue weighted by atomic mass is 10.2. The van der Waals surface area contributed by atoms with Gasteiger partial charge in [-0.2, -0.15) is 0 Å². The van der Waals surface area contributed by atoms with Gasteiger partial charge in [-0.25, -0.2) is 0 Å². The van der Waals surface area contributed by atoms with Crippen molar-refractivity contribution < 1.29 is 27.4 Å². The number of hydrogen-bond donors (Lipinski definition) is 1. The van der Waals surface area contributed by atoms with Crippen LogP contribution in [0.5, 0.6) is 17.2 Å². The topological polar surface area (TPSA) is 61.6 Å². The second-order valence-electron chi connectivity index (χ2n) is 4.01. The fraction of sp³-hybridized carbons (Fsp3) is 0.0714. The third-order valence-electron chi connectivity index (χ3n) is 2.41. The van der Waals surface area contributed by atoms with Gasteiger partial charge in [-0.15, -0.1) is 13.2 Å². The molecule has 0 saturated heterocycles. The van der Waals surface area contributed by atoms with Crippen LogP contribution in [-0.2, 0) is 0 Å². The Hall–Kier alpha value is -2.70. The molecule has 4 nitrogen and oxygen atoms in total. The minimum Gasteiger partial charge on any atom is -0.457 e. The molecule has 0 atom stereocenters. The summed E-state index contributed by atoms with van der Waals surface area (Å²) in [6, 6.07) is 11.0. The van der Waals surface area contributed by atoms with E-state index in [1.54, 1.807) is 0 Å². The maximum Gasteiger partial charge on any atom is 0.573 e. The van der Waals surface area contributed by atoms with Crippen molar-refractivity contribution in [3.8, 4) is 17.2 Å². The minimum atomic E-state index is -4.76. The smallest absolute Gasteiger partial charge is 0.457 e. The molecule has 1 amide bonds. The number of benzene rings is 2. The molecule has 0 aliphatic rings. The third-order valence-corrected chi connectivity index (χ3v) is 2.41. The summed E-state index contributed by atoms with van der Waals surface area (Å²) in [6.07, 6.45) is -4.76. The Morgan fingerprint density at radius 1 is 0.952 bits per heavy atom. The Labute approximate surface area is 117 Å². The predicted molar refractivity (Wildman–Crippen MR) is 68.2 cm³/mol. The molecule has 110 valence electrons. The zero-order chi connectivity index (χ0) is 15.5. The van der Waals surface area contributed by atoms with Crippen LogP contribution in [0.2, 0.25) is 0 Å². The largest absolute Gasteiger partial charge is 0.573 e. The average molecular weight is 297 g/mol. The van der Waals surface area contributed by atoms with Crippen LogP contribution in [0.25, 0.3) is 0 Å². The molecule has 2 aromatic rings. The van der Waals surface area contributed by atoms with E-state index >= 15 is 0 Å². The molecule has 0 aromatic heterocycles. The summed E-state index contributed by atoms with van der Waals surface area (Å²) in [5.74, 6) is -0.441. The summed E-state index contributed by atoms with van der Waals surface area (Å²) >= 11 is 0. The number of ether oxygens (including phenoxy) is 2. The highest BCUT2D eigenvalue weighted by Crippen LogP contribution is 2.28. The summed E-state index contributed by atoms with van der Waals surface area (Å²) in [5, 5.41) is 0. The predicted octanol–water partition coefficient (Wildman–Crippen LogP) is 3.48. The number of amides is 1. The Morgan fingerprint density at radius 2 is 1.57 bits per heavy atom. The van der Waals surface area contributed by atoms with Crippen LogP contribution in [0.4, 0.5) is 13.2 Å². The van der Waals surface area contributed by atoms with Crippen LogP contribution < -0.4 is 15.2 Å². The van der Waals surface area contributed by atoms with Crippen LogP contribution >= 0.6 is 0 Å². The second-order valence-corrected chi connectivity index (χ2v) is 4.01. The summed E-state index contributed by atoms with van der Waals surface area (Å²) < 4.78 is 45.5. The van der Waals surface area contributed by atoms with Crippen LogP contribution in [-0.4, -0.2) is 12.3 Å². The number of carbonyl (C=O) groups is 1. The lowest BCUT2D eigenvalue weighted by Crippen LogP contribution is -2.17. The fourth-order valence-corrected chi connectivity index (χ4v) is 1.56. The van der Waals surface area contributed by atoms with Gasteiger partial charge >= 0.3 is 6.36 Å². The molecule has 0 spiro atoms. The van der Waals surface area contributed by atoms with E-state index in [1.807, 2.05) is 0 Å². The minimum absolute atomic E-state index is 0.170. The summed E-state index contributed by atoms with van der Waals surface area (Å²) in [4.78, 5) is 10.9. The average Bonchev–Trinajstić information content (AvgIpc) is 2.37. The first-order valence-corrected chi connectivity index (χ1v) is 5.77. The van der Waals surface area contributed by atoms with E-state index in [4.69, 9.17) is 10.5 Å². The summed E-state index contributed by atoms with van der Waals surface area (Å²) in [7, 11) is 0. The van der Waals surface area contributed by atoms with Gasteiger partial charge in [-0.05, 0) is 36.4 Å². The van der Waals surface area contributed by atoms with Gasteiger partial charge in [-0.1, -0.05) is 6.07 Å². The molecule has 0 bridgehead atoms. The van der Waals surface area contributed by atoms with Crippen molar-refractivity contribution >= 4 is 5.91 Å². The lowest BCUT2D eigenvalue weighted by Gasteiger charge is -2.10. The van der Waals surface area contributed by atoms with E-state index in [9.17, 15) is 18.0 Å². The van der Waals surface area contributed by atoms with E-state index in [0.29, 0.717) is 11.3 Å². The van der Waals surface area contributed by atoms with E-state index in [2.05, 4.69) is 4.74 Å². The van der Waals surface area contributed by atoms with Gasteiger partial charge in [0.1, 0.15) is 17.2 Å². The molecule has 0 aliphatic carbocycles. The SMILES string of the molecule is NC(=O)c1ccc(Oc2cccc(OC(F)(F)F)c2)cc1. The lowest BCUT2D eigenvalue weighted by molar-refractivity contribution is -0.274. The van der Waals surface area contributed by atoms with E-state index in [-0.39, 0.29) is 11.5 Å². The van der Waals surface area contributed by atoms with Crippen molar-refractivity contribution in [3.05, 3.63) is 54.1 Å². The Bertz CT molecular complexity index is 639. The Kier molecular flexibility index (Phi) is 4.02. The molecule has 0 fully saturated rings. The number of alkyl halides is 3. The molecule has 2 rings (SSSR count). The van der Waals surface area contributed by atoms with Crippen LogP contribution in [0.15, 0.2) is 48.5 Å². The van der Waals surface area contributed by atoms with Gasteiger partial charge in [-0.3, -0.25) is 4.79 Å². The first-order chi connectivity index (χ1) is 9.83. The molecular weight excluding hydrogens is 287 g/mol. The van der Waals surface area contributed by atoms with E-state index < -0.39 is 12.3 Å². The highest BCUT2D eigenvalue weighted by molar-refractivity contribution is 5.92.